The van der Waals surface area contributed by atoms with E-state index in [1.54, 1.807) is 26.0 Å². The molecule has 4 rings (SSSR count). The van der Waals surface area contributed by atoms with Crippen LogP contribution in [0.25, 0.3) is 11.0 Å². The van der Waals surface area contributed by atoms with Crippen LogP contribution in [0.1, 0.15) is 27.2 Å². The van der Waals surface area contributed by atoms with Crippen LogP contribution in [0.5, 0.6) is 17.2 Å². The number of hydrogen-bond acceptors (Lipinski definition) is 5. The molecule has 10 heteroatoms. The Morgan fingerprint density at radius 1 is 1.00 bits per heavy atom. The molecule has 5 nitrogen and oxygen atoms in total. The zero-order chi connectivity index (χ0) is 25.5. The van der Waals surface area contributed by atoms with E-state index in [1.165, 1.54) is 36.4 Å². The van der Waals surface area contributed by atoms with Crippen molar-refractivity contribution in [2.45, 2.75) is 20.0 Å². The van der Waals surface area contributed by atoms with Crippen LogP contribution in [0, 0.1) is 13.8 Å². The molecule has 4 aromatic rings. The van der Waals surface area contributed by atoms with Gasteiger partial charge in [-0.15, -0.1) is 0 Å². The van der Waals surface area contributed by atoms with Crippen molar-refractivity contribution in [3.63, 3.8) is 0 Å². The van der Waals surface area contributed by atoms with Crippen molar-refractivity contribution in [2.24, 2.45) is 0 Å². The third-order valence-corrected chi connectivity index (χ3v) is 6.07. The van der Waals surface area contributed by atoms with E-state index in [2.05, 4.69) is 15.9 Å². The molecule has 180 valence electrons. The van der Waals surface area contributed by atoms with E-state index < -0.39 is 34.7 Å². The van der Waals surface area contributed by atoms with E-state index >= 15 is 0 Å². The number of alkyl halides is 3. The van der Waals surface area contributed by atoms with Crippen LogP contribution in [-0.2, 0) is 6.18 Å². The molecule has 0 aliphatic carbocycles. The third-order valence-electron chi connectivity index (χ3n) is 4.98. The van der Waals surface area contributed by atoms with Crippen LogP contribution in [-0.4, -0.2) is 5.97 Å². The van der Waals surface area contributed by atoms with Crippen LogP contribution in [0.4, 0.5) is 13.2 Å². The number of benzene rings is 3. The summed E-state index contributed by atoms with van der Waals surface area (Å²) in [6.07, 6.45) is -5.04. The number of esters is 1. The third kappa shape index (κ3) is 5.21. The lowest BCUT2D eigenvalue weighted by Crippen LogP contribution is -2.16. The molecule has 1 heterocycles. The van der Waals surface area contributed by atoms with Crippen molar-refractivity contribution in [1.82, 2.24) is 0 Å². The summed E-state index contributed by atoms with van der Waals surface area (Å²) in [7, 11) is 0. The Balaban J connectivity index is 1.77. The highest BCUT2D eigenvalue weighted by molar-refractivity contribution is 9.10. The average molecular weight is 568 g/mol. The van der Waals surface area contributed by atoms with Crippen LogP contribution in [0.2, 0.25) is 5.02 Å². The molecule has 0 atom stereocenters. The SMILES string of the molecule is Cc1cc(Oc2c(C(F)(F)F)oc3cc(OC(=O)c4cccc(Br)c4)ccc3c2=O)cc(C)c1Cl. The maximum atomic E-state index is 13.8. The summed E-state index contributed by atoms with van der Waals surface area (Å²) < 4.78 is 57.8. The molecule has 0 radical (unpaired) electrons. The molecule has 0 saturated carbocycles. The lowest BCUT2D eigenvalue weighted by atomic mass is 10.1. The number of carbonyl (C=O) groups excluding carboxylic acids is 1. The smallest absolute Gasteiger partial charge is 0.449 e. The summed E-state index contributed by atoms with van der Waals surface area (Å²) >= 11 is 9.35. The maximum absolute atomic E-state index is 13.8. The molecule has 0 saturated heterocycles. The minimum atomic E-state index is -5.04. The van der Waals surface area contributed by atoms with Gasteiger partial charge in [-0.3, -0.25) is 4.79 Å². The highest BCUT2D eigenvalue weighted by atomic mass is 79.9. The number of fused-ring (bicyclic) bond motifs is 1. The van der Waals surface area contributed by atoms with Crippen LogP contribution in [0.3, 0.4) is 0 Å². The standard InChI is InChI=1S/C25H15BrClF3O5/c1-12-8-17(9-13(2)20(12)27)33-22-21(31)18-7-6-16(11-19(18)35-23(22)25(28,29)30)34-24(32)14-4-3-5-15(26)10-14/h3-11H,1-2H3. The lowest BCUT2D eigenvalue weighted by Gasteiger charge is -2.15. The second-order valence-electron chi connectivity index (χ2n) is 7.62. The number of hydrogen-bond donors (Lipinski definition) is 0. The first-order chi connectivity index (χ1) is 16.4. The Kier molecular flexibility index (Phi) is 6.66. The number of carbonyl (C=O) groups is 1. The summed E-state index contributed by atoms with van der Waals surface area (Å²) in [6, 6.07) is 12.7. The fraction of sp³-hybridized carbons (Fsp3) is 0.120. The molecule has 0 spiro atoms. The highest BCUT2D eigenvalue weighted by Gasteiger charge is 2.40. The Labute approximate surface area is 210 Å². The summed E-state index contributed by atoms with van der Waals surface area (Å²) in [6.45, 7) is 3.32. The second-order valence-corrected chi connectivity index (χ2v) is 8.91. The van der Waals surface area contributed by atoms with E-state index in [4.69, 9.17) is 25.5 Å². The minimum Gasteiger partial charge on any atom is -0.449 e. The molecule has 0 unspecified atom stereocenters. The zero-order valence-electron chi connectivity index (χ0n) is 18.1. The van der Waals surface area contributed by atoms with E-state index in [1.807, 2.05) is 0 Å². The monoisotopic (exact) mass is 566 g/mol. The molecule has 0 bridgehead atoms. The number of halogens is 5. The van der Waals surface area contributed by atoms with Crippen molar-refractivity contribution in [3.8, 4) is 17.2 Å². The first-order valence-corrected chi connectivity index (χ1v) is 11.2. The van der Waals surface area contributed by atoms with Gasteiger partial charge in [0.25, 0.3) is 5.76 Å². The summed E-state index contributed by atoms with van der Waals surface area (Å²) in [5.74, 6) is -3.46. The predicted molar refractivity (Wildman–Crippen MR) is 128 cm³/mol. The van der Waals surface area contributed by atoms with Crippen LogP contribution in [0.15, 0.2) is 68.3 Å². The first kappa shape index (κ1) is 24.8. The average Bonchev–Trinajstić information content (AvgIpc) is 2.78. The largest absolute Gasteiger partial charge is 0.453 e. The molecule has 1 aromatic heterocycles. The van der Waals surface area contributed by atoms with Crippen molar-refractivity contribution >= 4 is 44.5 Å². The number of aryl methyl sites for hydroxylation is 2. The molecule has 3 aromatic carbocycles. The minimum absolute atomic E-state index is 0.00104. The van der Waals surface area contributed by atoms with Gasteiger partial charge in [0.1, 0.15) is 17.1 Å². The highest BCUT2D eigenvalue weighted by Crippen LogP contribution is 2.39. The summed E-state index contributed by atoms with van der Waals surface area (Å²) in [5.41, 5.74) is -0.102. The van der Waals surface area contributed by atoms with E-state index in [9.17, 15) is 22.8 Å². The van der Waals surface area contributed by atoms with Crippen molar-refractivity contribution in [2.75, 3.05) is 0 Å². The molecule has 0 amide bonds. The Morgan fingerprint density at radius 2 is 1.69 bits per heavy atom. The maximum Gasteiger partial charge on any atom is 0.453 e. The van der Waals surface area contributed by atoms with Gasteiger partial charge >= 0.3 is 12.1 Å². The Morgan fingerprint density at radius 3 is 2.31 bits per heavy atom. The van der Waals surface area contributed by atoms with Crippen LogP contribution >= 0.6 is 27.5 Å². The topological polar surface area (TPSA) is 65.7 Å². The van der Waals surface area contributed by atoms with E-state index in [0.29, 0.717) is 20.6 Å². The predicted octanol–water partition coefficient (Wildman–Crippen LogP) is 7.86. The number of ether oxygens (including phenoxy) is 2. The first-order valence-electron chi connectivity index (χ1n) is 10.0. The second kappa shape index (κ2) is 9.39. The van der Waals surface area contributed by atoms with Gasteiger partial charge in [-0.25, -0.2) is 4.79 Å². The van der Waals surface area contributed by atoms with E-state index in [-0.39, 0.29) is 22.4 Å². The normalized spacial score (nSPS) is 11.5. The summed E-state index contributed by atoms with van der Waals surface area (Å²) in [4.78, 5) is 25.4. The van der Waals surface area contributed by atoms with Crippen molar-refractivity contribution in [1.29, 1.82) is 0 Å². The fourth-order valence-corrected chi connectivity index (χ4v) is 3.87. The van der Waals surface area contributed by atoms with Gasteiger partial charge in [-0.05, 0) is 67.4 Å². The molecule has 0 aliphatic heterocycles. The molecule has 35 heavy (non-hydrogen) atoms. The Bertz CT molecular complexity index is 1510. The van der Waals surface area contributed by atoms with Gasteiger partial charge in [-0.2, -0.15) is 13.2 Å². The van der Waals surface area contributed by atoms with Gasteiger partial charge in [0.05, 0.1) is 10.9 Å². The van der Waals surface area contributed by atoms with Crippen molar-refractivity contribution in [3.05, 3.63) is 96.8 Å². The Hall–Kier alpha value is -3.30. The quantitative estimate of drug-likeness (QED) is 0.186. The van der Waals surface area contributed by atoms with Gasteiger partial charge in [0, 0.05) is 15.6 Å². The van der Waals surface area contributed by atoms with E-state index in [0.717, 1.165) is 6.07 Å². The lowest BCUT2D eigenvalue weighted by molar-refractivity contribution is -0.154. The zero-order valence-corrected chi connectivity index (χ0v) is 20.5. The molecular formula is C25H15BrClF3O5. The summed E-state index contributed by atoms with van der Waals surface area (Å²) in [5, 5.41) is 0.251. The number of rotatable bonds is 4. The molecule has 0 aliphatic rings. The molecule has 0 fully saturated rings. The van der Waals surface area contributed by atoms with Crippen molar-refractivity contribution < 1.29 is 31.9 Å². The molecule has 0 N–H and O–H groups in total. The van der Waals surface area contributed by atoms with Gasteiger partial charge < -0.3 is 13.9 Å². The van der Waals surface area contributed by atoms with Crippen LogP contribution < -0.4 is 14.9 Å². The van der Waals surface area contributed by atoms with Gasteiger partial charge in [0.2, 0.25) is 11.2 Å². The fourth-order valence-electron chi connectivity index (χ4n) is 3.36. The van der Waals surface area contributed by atoms with Gasteiger partial charge in [-0.1, -0.05) is 33.6 Å². The molecular weight excluding hydrogens is 553 g/mol. The van der Waals surface area contributed by atoms with Gasteiger partial charge in [0.15, 0.2) is 0 Å².